The van der Waals surface area contributed by atoms with E-state index >= 15 is 0 Å². The smallest absolute Gasteiger partial charge is 0.314 e. The van der Waals surface area contributed by atoms with Crippen LogP contribution in [0.15, 0.2) is 66.7 Å². The van der Waals surface area contributed by atoms with Crippen LogP contribution in [0.5, 0.6) is 23.0 Å². The van der Waals surface area contributed by atoms with Crippen molar-refractivity contribution < 1.29 is 23.7 Å². The highest BCUT2D eigenvalue weighted by atomic mass is 16.7. The van der Waals surface area contributed by atoms with E-state index < -0.39 is 0 Å². The Morgan fingerprint density at radius 3 is 2.15 bits per heavy atom. The predicted molar refractivity (Wildman–Crippen MR) is 151 cm³/mol. The topological polar surface area (TPSA) is 57.2 Å². The van der Waals surface area contributed by atoms with E-state index in [1.165, 1.54) is 31.5 Å². The van der Waals surface area contributed by atoms with Gasteiger partial charge in [-0.2, -0.15) is 0 Å². The van der Waals surface area contributed by atoms with Crippen LogP contribution in [0.1, 0.15) is 55.7 Å². The molecule has 0 spiro atoms. The first-order valence-corrected chi connectivity index (χ1v) is 14.1. The van der Waals surface area contributed by atoms with E-state index in [2.05, 4.69) is 48.2 Å². The van der Waals surface area contributed by atoms with Crippen LogP contribution >= 0.6 is 0 Å². The lowest BCUT2D eigenvalue weighted by molar-refractivity contribution is -0.135. The van der Waals surface area contributed by atoms with Gasteiger partial charge in [-0.25, -0.2) is 0 Å². The molecule has 202 valence electrons. The zero-order valence-corrected chi connectivity index (χ0v) is 22.5. The number of likely N-dealkylation sites (tertiary alicyclic amines) is 1. The van der Waals surface area contributed by atoms with Gasteiger partial charge in [0.25, 0.3) is 0 Å². The van der Waals surface area contributed by atoms with Crippen molar-refractivity contribution in [2.75, 3.05) is 33.0 Å². The van der Waals surface area contributed by atoms with Gasteiger partial charge in [0.2, 0.25) is 6.79 Å². The molecule has 3 aliphatic rings. The average molecular weight is 526 g/mol. The fourth-order valence-electron chi connectivity index (χ4n) is 5.35. The lowest BCUT2D eigenvalue weighted by Gasteiger charge is -2.18. The molecule has 1 saturated carbocycles. The first kappa shape index (κ1) is 25.5. The number of carbonyl (C=O) groups excluding carboxylic acids is 1. The van der Waals surface area contributed by atoms with Crippen molar-refractivity contribution in [1.29, 1.82) is 0 Å². The Hall–Kier alpha value is -3.77. The Labute approximate surface area is 230 Å². The molecule has 0 radical (unpaired) electrons. The van der Waals surface area contributed by atoms with E-state index in [1.807, 2.05) is 30.3 Å². The van der Waals surface area contributed by atoms with Gasteiger partial charge in [-0.3, -0.25) is 9.69 Å². The number of hydrogen-bond donors (Lipinski definition) is 0. The molecule has 3 aromatic rings. The van der Waals surface area contributed by atoms with Crippen molar-refractivity contribution in [3.05, 3.63) is 83.4 Å². The van der Waals surface area contributed by atoms with Crippen molar-refractivity contribution >= 4 is 17.1 Å². The minimum absolute atomic E-state index is 0.0638. The third kappa shape index (κ3) is 5.96. The minimum Gasteiger partial charge on any atom is -0.492 e. The van der Waals surface area contributed by atoms with Crippen LogP contribution in [0.4, 0.5) is 0 Å². The van der Waals surface area contributed by atoms with Gasteiger partial charge in [-0.15, -0.1) is 0 Å². The van der Waals surface area contributed by atoms with Gasteiger partial charge in [-0.1, -0.05) is 37.3 Å². The molecular formula is C33H35NO5. The van der Waals surface area contributed by atoms with Gasteiger partial charge in [0, 0.05) is 6.54 Å². The molecule has 2 fully saturated rings. The highest BCUT2D eigenvalue weighted by Gasteiger charge is 2.31. The molecule has 6 heteroatoms. The monoisotopic (exact) mass is 525 g/mol. The Bertz CT molecular complexity index is 1340. The first-order chi connectivity index (χ1) is 19.2. The summed E-state index contributed by atoms with van der Waals surface area (Å²) in [4.78, 5) is 14.6. The zero-order chi connectivity index (χ0) is 26.6. The highest BCUT2D eigenvalue weighted by molar-refractivity contribution is 5.99. The molecule has 6 nitrogen and oxygen atoms in total. The summed E-state index contributed by atoms with van der Waals surface area (Å²) in [7, 11) is 0. The quantitative estimate of drug-likeness (QED) is 0.169. The normalized spacial score (nSPS) is 17.2. The van der Waals surface area contributed by atoms with Gasteiger partial charge in [0.1, 0.15) is 18.1 Å². The molecule has 0 N–H and O–H groups in total. The minimum atomic E-state index is -0.131. The summed E-state index contributed by atoms with van der Waals surface area (Å²) in [6, 6.07) is 22.3. The summed E-state index contributed by atoms with van der Waals surface area (Å²) < 4.78 is 22.9. The molecule has 3 aromatic carbocycles. The maximum Gasteiger partial charge on any atom is 0.314 e. The largest absolute Gasteiger partial charge is 0.492 e. The molecule has 2 heterocycles. The molecule has 0 atom stereocenters. The van der Waals surface area contributed by atoms with Gasteiger partial charge in [0.15, 0.2) is 11.5 Å². The van der Waals surface area contributed by atoms with Gasteiger partial charge in [0.05, 0.1) is 5.92 Å². The maximum atomic E-state index is 12.2. The number of fused-ring (bicyclic) bond motifs is 1. The average Bonchev–Trinajstić information content (AvgIpc) is 3.49. The molecule has 0 bridgehead atoms. The summed E-state index contributed by atoms with van der Waals surface area (Å²) in [5.74, 6) is 2.93. The Balaban J connectivity index is 1.30. The number of esters is 1. The summed E-state index contributed by atoms with van der Waals surface area (Å²) in [6.45, 7) is 6.43. The van der Waals surface area contributed by atoms with Crippen LogP contribution in [0.25, 0.3) is 11.1 Å². The van der Waals surface area contributed by atoms with E-state index in [0.717, 1.165) is 65.3 Å². The predicted octanol–water partition coefficient (Wildman–Crippen LogP) is 6.57. The van der Waals surface area contributed by atoms with Crippen molar-refractivity contribution in [2.45, 2.75) is 39.0 Å². The number of nitrogens with zero attached hydrogens (tertiary/aromatic N) is 1. The van der Waals surface area contributed by atoms with Crippen LogP contribution in [-0.2, 0) is 4.79 Å². The molecule has 1 aliphatic carbocycles. The van der Waals surface area contributed by atoms with E-state index in [-0.39, 0.29) is 18.7 Å². The zero-order valence-electron chi connectivity index (χ0n) is 22.5. The van der Waals surface area contributed by atoms with Crippen molar-refractivity contribution in [3.63, 3.8) is 0 Å². The molecular weight excluding hydrogens is 490 g/mol. The molecule has 2 aliphatic heterocycles. The fraction of sp³-hybridized carbons (Fsp3) is 0.364. The van der Waals surface area contributed by atoms with E-state index in [0.29, 0.717) is 12.4 Å². The lowest BCUT2D eigenvalue weighted by Crippen LogP contribution is -2.25. The molecule has 0 amide bonds. The Morgan fingerprint density at radius 2 is 1.49 bits per heavy atom. The van der Waals surface area contributed by atoms with Gasteiger partial charge < -0.3 is 18.9 Å². The van der Waals surface area contributed by atoms with Crippen molar-refractivity contribution in [2.24, 2.45) is 5.92 Å². The standard InChI is InChI=1S/C33H35NO5/c1-2-29(26-11-16-30-31(21-26)38-22-37-30)32(24-9-14-28(15-10-24)39-33(35)25-5-6-25)23-7-12-27(13-8-23)36-20-19-34-17-3-4-18-34/h7-16,21,25H,2-6,17-20,22H2,1H3/b32-29+. The SMILES string of the molecule is CC/C(=C(/c1ccc(OCCN2CCCC2)cc1)c1ccc(OC(=O)C2CC2)cc1)c1ccc2c(c1)OCO2. The van der Waals surface area contributed by atoms with Gasteiger partial charge >= 0.3 is 5.97 Å². The van der Waals surface area contributed by atoms with Crippen LogP contribution < -0.4 is 18.9 Å². The van der Waals surface area contributed by atoms with E-state index in [1.54, 1.807) is 0 Å². The Morgan fingerprint density at radius 1 is 0.846 bits per heavy atom. The number of carbonyl (C=O) groups is 1. The number of rotatable bonds is 10. The summed E-state index contributed by atoms with van der Waals surface area (Å²) in [5.41, 5.74) is 5.56. The van der Waals surface area contributed by atoms with Crippen molar-refractivity contribution in [3.8, 4) is 23.0 Å². The molecule has 1 saturated heterocycles. The third-order valence-electron chi connectivity index (χ3n) is 7.67. The summed E-state index contributed by atoms with van der Waals surface area (Å²) >= 11 is 0. The van der Waals surface area contributed by atoms with E-state index in [9.17, 15) is 4.79 Å². The maximum absolute atomic E-state index is 12.2. The lowest BCUT2D eigenvalue weighted by atomic mass is 9.88. The third-order valence-corrected chi connectivity index (χ3v) is 7.67. The van der Waals surface area contributed by atoms with E-state index in [4.69, 9.17) is 18.9 Å². The van der Waals surface area contributed by atoms with Gasteiger partial charge in [-0.05, 0) is 109 Å². The second-order valence-electron chi connectivity index (χ2n) is 10.4. The van der Waals surface area contributed by atoms with Crippen LogP contribution in [-0.4, -0.2) is 43.9 Å². The number of hydrogen-bond acceptors (Lipinski definition) is 6. The second-order valence-corrected chi connectivity index (χ2v) is 10.4. The first-order valence-electron chi connectivity index (χ1n) is 14.1. The molecule has 39 heavy (non-hydrogen) atoms. The molecule has 0 unspecified atom stereocenters. The summed E-state index contributed by atoms with van der Waals surface area (Å²) in [5, 5.41) is 0. The van der Waals surface area contributed by atoms with Crippen molar-refractivity contribution in [1.82, 2.24) is 4.90 Å². The van der Waals surface area contributed by atoms with Crippen LogP contribution in [0.2, 0.25) is 0 Å². The number of allylic oxidation sites excluding steroid dienone is 1. The fourth-order valence-corrected chi connectivity index (χ4v) is 5.35. The van der Waals surface area contributed by atoms with Crippen LogP contribution in [0, 0.1) is 5.92 Å². The summed E-state index contributed by atoms with van der Waals surface area (Å²) in [6.07, 6.45) is 5.25. The second kappa shape index (κ2) is 11.5. The molecule has 6 rings (SSSR count). The number of benzene rings is 3. The molecule has 0 aromatic heterocycles. The van der Waals surface area contributed by atoms with Crippen LogP contribution in [0.3, 0.4) is 0 Å². The Kier molecular flexibility index (Phi) is 7.55. The highest BCUT2D eigenvalue weighted by Crippen LogP contribution is 2.40. The number of ether oxygens (including phenoxy) is 4.